The fourth-order valence-electron chi connectivity index (χ4n) is 4.12. The van der Waals surface area contributed by atoms with E-state index in [-0.39, 0.29) is 17.0 Å². The van der Waals surface area contributed by atoms with Gasteiger partial charge in [0.15, 0.2) is 0 Å². The van der Waals surface area contributed by atoms with Crippen molar-refractivity contribution in [3.63, 3.8) is 0 Å². The average Bonchev–Trinajstić information content (AvgIpc) is 3.15. The van der Waals surface area contributed by atoms with E-state index >= 15 is 0 Å². The van der Waals surface area contributed by atoms with Crippen molar-refractivity contribution < 1.29 is 8.42 Å². The fourth-order valence-corrected chi connectivity index (χ4v) is 5.29. The van der Waals surface area contributed by atoms with E-state index in [0.29, 0.717) is 6.04 Å². The summed E-state index contributed by atoms with van der Waals surface area (Å²) < 4.78 is 27.9. The van der Waals surface area contributed by atoms with Gasteiger partial charge in [-0.15, -0.1) is 0 Å². The maximum Gasteiger partial charge on any atom is 0.242 e. The molecule has 0 saturated heterocycles. The molecule has 0 fully saturated rings. The summed E-state index contributed by atoms with van der Waals surface area (Å²) >= 11 is 0. The molecule has 1 aliphatic carbocycles. The third-order valence-electron chi connectivity index (χ3n) is 5.48. The maximum atomic E-state index is 12.6. The number of nitriles is 1. The lowest BCUT2D eigenvalue weighted by molar-refractivity contribution is 0.202. The molecule has 2 aromatic rings. The molecule has 0 heterocycles. The second-order valence-electron chi connectivity index (χ2n) is 7.63. The minimum Gasteiger partial charge on any atom is -0.300 e. The third-order valence-corrected chi connectivity index (χ3v) is 6.94. The molecule has 0 aromatic heterocycles. The monoisotopic (exact) mass is 411 g/mol. The normalized spacial score (nSPS) is 16.0. The quantitative estimate of drug-likeness (QED) is 0.684. The Morgan fingerprint density at radius 3 is 2.45 bits per heavy atom. The molecular formula is C23H29N3O2S. The van der Waals surface area contributed by atoms with Crippen LogP contribution in [0.25, 0.3) is 0 Å². The molecule has 0 amide bonds. The Labute approximate surface area is 174 Å². The van der Waals surface area contributed by atoms with E-state index in [0.717, 1.165) is 44.3 Å². The molecule has 5 nitrogen and oxygen atoms in total. The summed E-state index contributed by atoms with van der Waals surface area (Å²) in [5, 5.41) is 9.17. The summed E-state index contributed by atoms with van der Waals surface area (Å²) in [5.41, 5.74) is 3.79. The Balaban J connectivity index is 1.70. The third kappa shape index (κ3) is 5.05. The van der Waals surface area contributed by atoms with Crippen LogP contribution in [0, 0.1) is 11.3 Å². The summed E-state index contributed by atoms with van der Waals surface area (Å²) in [6.45, 7) is 6.90. The molecule has 6 heteroatoms. The van der Waals surface area contributed by atoms with E-state index in [9.17, 15) is 13.7 Å². The summed E-state index contributed by atoms with van der Waals surface area (Å²) in [5.74, 6) is 0. The lowest BCUT2D eigenvalue weighted by atomic mass is 10.1. The van der Waals surface area contributed by atoms with Crippen LogP contribution in [0.2, 0.25) is 0 Å². The van der Waals surface area contributed by atoms with Crippen LogP contribution in [0.3, 0.4) is 0 Å². The average molecular weight is 412 g/mol. The molecule has 2 aromatic carbocycles. The van der Waals surface area contributed by atoms with Gasteiger partial charge in [0.25, 0.3) is 0 Å². The van der Waals surface area contributed by atoms with Crippen molar-refractivity contribution in [2.45, 2.75) is 57.0 Å². The van der Waals surface area contributed by atoms with Crippen molar-refractivity contribution in [1.82, 2.24) is 9.62 Å². The van der Waals surface area contributed by atoms with Crippen molar-refractivity contribution in [1.29, 1.82) is 5.26 Å². The van der Waals surface area contributed by atoms with Gasteiger partial charge in [0.2, 0.25) is 10.0 Å². The predicted molar refractivity (Wildman–Crippen MR) is 115 cm³/mol. The zero-order valence-corrected chi connectivity index (χ0v) is 18.0. The number of benzene rings is 2. The molecule has 29 heavy (non-hydrogen) atoms. The van der Waals surface area contributed by atoms with Crippen LogP contribution >= 0.6 is 0 Å². The number of fused-ring (bicyclic) bond motifs is 1. The van der Waals surface area contributed by atoms with Gasteiger partial charge in [-0.3, -0.25) is 4.90 Å². The number of nitrogens with zero attached hydrogens (tertiary/aromatic N) is 2. The number of nitrogens with one attached hydrogen (secondary N) is 1. The van der Waals surface area contributed by atoms with Gasteiger partial charge in [-0.05, 0) is 67.6 Å². The van der Waals surface area contributed by atoms with Crippen LogP contribution in [0.15, 0.2) is 47.4 Å². The lowest BCUT2D eigenvalue weighted by Crippen LogP contribution is -2.37. The fraction of sp³-hybridized carbons (Fsp3) is 0.435. The standard InChI is InChI=1S/C23H29N3O2S/c1-3-11-26(12-4-2)22-14-19-10-9-18(13-21(19)15-22)17-25-29(27,28)23-8-6-5-7-20(23)16-24/h5-10,13,22,25H,3-4,11-12,14-15,17H2,1-2H3/t22-/m1/s1. The first-order valence-electron chi connectivity index (χ1n) is 10.3. The minimum absolute atomic E-state index is 0.0264. The van der Waals surface area contributed by atoms with Crippen LogP contribution in [-0.2, 0) is 29.4 Å². The first-order chi connectivity index (χ1) is 14.0. The Morgan fingerprint density at radius 2 is 1.76 bits per heavy atom. The molecule has 1 aliphatic rings. The maximum absolute atomic E-state index is 12.6. The van der Waals surface area contributed by atoms with E-state index in [4.69, 9.17) is 0 Å². The number of sulfonamides is 1. The summed E-state index contributed by atoms with van der Waals surface area (Å²) in [6.07, 6.45) is 4.40. The predicted octanol–water partition coefficient (Wildman–Crippen LogP) is 3.63. The van der Waals surface area contributed by atoms with E-state index in [2.05, 4.69) is 35.6 Å². The second-order valence-corrected chi connectivity index (χ2v) is 9.37. The van der Waals surface area contributed by atoms with E-state index < -0.39 is 10.0 Å². The Bertz CT molecular complexity index is 989. The first-order valence-corrected chi connectivity index (χ1v) is 11.8. The van der Waals surface area contributed by atoms with Crippen LogP contribution in [0.1, 0.15) is 48.9 Å². The zero-order chi connectivity index (χ0) is 20.9. The van der Waals surface area contributed by atoms with E-state index in [1.807, 2.05) is 12.1 Å². The van der Waals surface area contributed by atoms with Crippen LogP contribution in [0.5, 0.6) is 0 Å². The highest BCUT2D eigenvalue weighted by molar-refractivity contribution is 7.89. The van der Waals surface area contributed by atoms with Gasteiger partial charge in [-0.1, -0.05) is 44.2 Å². The summed E-state index contributed by atoms with van der Waals surface area (Å²) in [6, 6.07) is 15.0. The van der Waals surface area contributed by atoms with Gasteiger partial charge in [0.05, 0.1) is 10.5 Å². The number of rotatable bonds is 9. The van der Waals surface area contributed by atoms with E-state index in [1.54, 1.807) is 12.1 Å². The minimum atomic E-state index is -3.73. The molecule has 0 unspecified atom stereocenters. The van der Waals surface area contributed by atoms with Crippen molar-refractivity contribution in [3.05, 3.63) is 64.7 Å². The second kappa shape index (κ2) is 9.53. The SMILES string of the molecule is CCCN(CCC)[C@@H]1Cc2ccc(CNS(=O)(=O)c3ccccc3C#N)cc2C1. The van der Waals surface area contributed by atoms with Gasteiger partial charge < -0.3 is 0 Å². The molecule has 0 aliphatic heterocycles. The highest BCUT2D eigenvalue weighted by Crippen LogP contribution is 2.27. The van der Waals surface area contributed by atoms with Crippen LogP contribution in [-0.4, -0.2) is 32.4 Å². The summed E-state index contributed by atoms with van der Waals surface area (Å²) in [7, 11) is -3.73. The van der Waals surface area contributed by atoms with Crippen LogP contribution in [0.4, 0.5) is 0 Å². The summed E-state index contributed by atoms with van der Waals surface area (Å²) in [4.78, 5) is 2.61. The molecule has 0 saturated carbocycles. The molecule has 0 bridgehead atoms. The van der Waals surface area contributed by atoms with E-state index in [1.165, 1.54) is 23.3 Å². The molecule has 1 N–H and O–H groups in total. The lowest BCUT2D eigenvalue weighted by Gasteiger charge is -2.27. The molecule has 0 spiro atoms. The van der Waals surface area contributed by atoms with Crippen molar-refractivity contribution >= 4 is 10.0 Å². The molecular weight excluding hydrogens is 382 g/mol. The van der Waals surface area contributed by atoms with Gasteiger partial charge in [-0.2, -0.15) is 5.26 Å². The van der Waals surface area contributed by atoms with Crippen LogP contribution < -0.4 is 4.72 Å². The molecule has 3 rings (SSSR count). The number of hydrogen-bond donors (Lipinski definition) is 1. The number of hydrogen-bond acceptors (Lipinski definition) is 4. The Morgan fingerprint density at radius 1 is 1.07 bits per heavy atom. The van der Waals surface area contributed by atoms with Gasteiger partial charge in [0, 0.05) is 12.6 Å². The van der Waals surface area contributed by atoms with Crippen molar-refractivity contribution in [3.8, 4) is 6.07 Å². The first kappa shape index (κ1) is 21.5. The van der Waals surface area contributed by atoms with Crippen molar-refractivity contribution in [2.24, 2.45) is 0 Å². The smallest absolute Gasteiger partial charge is 0.242 e. The molecule has 154 valence electrons. The van der Waals surface area contributed by atoms with Gasteiger partial charge >= 0.3 is 0 Å². The zero-order valence-electron chi connectivity index (χ0n) is 17.2. The largest absolute Gasteiger partial charge is 0.300 e. The van der Waals surface area contributed by atoms with Crippen molar-refractivity contribution in [2.75, 3.05) is 13.1 Å². The highest BCUT2D eigenvalue weighted by Gasteiger charge is 2.26. The Kier molecular flexibility index (Phi) is 7.07. The van der Waals surface area contributed by atoms with Gasteiger partial charge in [0.1, 0.15) is 6.07 Å². The Hall–Kier alpha value is -2.20. The van der Waals surface area contributed by atoms with Gasteiger partial charge in [-0.25, -0.2) is 13.1 Å². The molecule has 1 atom stereocenters. The molecule has 0 radical (unpaired) electrons. The highest BCUT2D eigenvalue weighted by atomic mass is 32.2. The topological polar surface area (TPSA) is 73.2 Å².